The summed E-state index contributed by atoms with van der Waals surface area (Å²) in [6.45, 7) is 2.82. The molecule has 116 valence electrons. The summed E-state index contributed by atoms with van der Waals surface area (Å²) < 4.78 is 5.19. The van der Waals surface area contributed by atoms with E-state index in [-0.39, 0.29) is 17.7 Å². The number of carbonyl (C=O) groups excluding carboxylic acids is 1. The maximum atomic E-state index is 13.1. The lowest BCUT2D eigenvalue weighted by molar-refractivity contribution is -0.135. The van der Waals surface area contributed by atoms with E-state index in [1.807, 2.05) is 0 Å². The molecule has 2 heterocycles. The molecule has 2 atom stereocenters. The zero-order valence-corrected chi connectivity index (χ0v) is 13.6. The number of thiophene rings is 1. The van der Waals surface area contributed by atoms with Crippen LogP contribution in [0.3, 0.4) is 0 Å². The van der Waals surface area contributed by atoms with Crippen LogP contribution in [0.2, 0.25) is 0 Å². The van der Waals surface area contributed by atoms with Gasteiger partial charge in [-0.1, -0.05) is 18.9 Å². The third-order valence-electron chi connectivity index (χ3n) is 4.82. The van der Waals surface area contributed by atoms with Gasteiger partial charge >= 0.3 is 0 Å². The summed E-state index contributed by atoms with van der Waals surface area (Å²) in [5.74, 6) is 0.294. The Labute approximate surface area is 130 Å². The van der Waals surface area contributed by atoms with E-state index in [1.54, 1.807) is 18.4 Å². The number of carbonyl (C=O) groups is 1. The first-order valence-corrected chi connectivity index (χ1v) is 8.69. The molecule has 1 aromatic heterocycles. The van der Waals surface area contributed by atoms with Gasteiger partial charge in [-0.05, 0) is 37.6 Å². The molecule has 1 spiro atoms. The predicted molar refractivity (Wildman–Crippen MR) is 84.2 cm³/mol. The van der Waals surface area contributed by atoms with Crippen molar-refractivity contribution in [3.05, 3.63) is 22.4 Å². The number of ether oxygens (including phenoxy) is 1. The van der Waals surface area contributed by atoms with Crippen molar-refractivity contribution in [2.45, 2.75) is 56.8 Å². The van der Waals surface area contributed by atoms with E-state index in [4.69, 9.17) is 4.74 Å². The van der Waals surface area contributed by atoms with Crippen LogP contribution >= 0.6 is 11.3 Å². The molecular formula is C16H24N2O2S. The third-order valence-corrected chi connectivity index (χ3v) is 5.74. The quantitative estimate of drug-likeness (QED) is 0.909. The lowest BCUT2D eigenvalue weighted by atomic mass is 9.97. The molecule has 1 aliphatic heterocycles. The van der Waals surface area contributed by atoms with E-state index in [9.17, 15) is 4.79 Å². The van der Waals surface area contributed by atoms with Crippen LogP contribution in [0, 0.1) is 0 Å². The number of amides is 1. The molecule has 1 aliphatic carbocycles. The zero-order chi connectivity index (χ0) is 14.9. The van der Waals surface area contributed by atoms with Gasteiger partial charge in [-0.15, -0.1) is 11.3 Å². The van der Waals surface area contributed by atoms with Crippen molar-refractivity contribution in [2.24, 2.45) is 0 Å². The molecule has 1 saturated heterocycles. The molecule has 5 heteroatoms. The van der Waals surface area contributed by atoms with Crippen molar-refractivity contribution in [1.82, 2.24) is 10.2 Å². The van der Waals surface area contributed by atoms with Crippen molar-refractivity contribution in [3.63, 3.8) is 0 Å². The molecule has 4 nitrogen and oxygen atoms in total. The normalized spacial score (nSPS) is 25.9. The van der Waals surface area contributed by atoms with Gasteiger partial charge in [0.15, 0.2) is 0 Å². The van der Waals surface area contributed by atoms with Crippen LogP contribution in [-0.2, 0) is 9.53 Å². The average Bonchev–Trinajstić information content (AvgIpc) is 3.19. The summed E-state index contributed by atoms with van der Waals surface area (Å²) in [7, 11) is 1.71. The second-order valence-corrected chi connectivity index (χ2v) is 7.17. The first-order valence-electron chi connectivity index (χ1n) is 7.81. The Morgan fingerprint density at radius 2 is 2.29 bits per heavy atom. The summed E-state index contributed by atoms with van der Waals surface area (Å²) in [6, 6.07) is 4.38. The van der Waals surface area contributed by atoms with Gasteiger partial charge in [0.25, 0.3) is 0 Å². The Morgan fingerprint density at radius 1 is 1.52 bits per heavy atom. The van der Waals surface area contributed by atoms with Crippen molar-refractivity contribution in [1.29, 1.82) is 0 Å². The molecule has 1 amide bonds. The molecule has 1 N–H and O–H groups in total. The Kier molecular flexibility index (Phi) is 4.33. The van der Waals surface area contributed by atoms with Gasteiger partial charge in [-0.2, -0.15) is 0 Å². The third kappa shape index (κ3) is 2.62. The van der Waals surface area contributed by atoms with E-state index < -0.39 is 0 Å². The van der Waals surface area contributed by atoms with Crippen LogP contribution in [0.1, 0.15) is 50.1 Å². The van der Waals surface area contributed by atoms with E-state index in [1.165, 1.54) is 4.88 Å². The first kappa shape index (κ1) is 15.0. The van der Waals surface area contributed by atoms with E-state index in [2.05, 4.69) is 34.7 Å². The highest BCUT2D eigenvalue weighted by atomic mass is 32.1. The van der Waals surface area contributed by atoms with Crippen molar-refractivity contribution in [3.8, 4) is 0 Å². The van der Waals surface area contributed by atoms with Gasteiger partial charge in [0, 0.05) is 24.6 Å². The van der Waals surface area contributed by atoms with E-state index in [0.29, 0.717) is 12.5 Å². The number of nitrogens with one attached hydrogen (secondary N) is 1. The molecule has 2 aliphatic rings. The SMILES string of the molecule is COCCC(C)N1C(=O)C2(CCCC2)NC1c1cccs1. The predicted octanol–water partition coefficient (Wildman–Crippen LogP) is 2.92. The number of hydrogen-bond acceptors (Lipinski definition) is 4. The molecule has 0 radical (unpaired) electrons. The van der Waals surface area contributed by atoms with Crippen molar-refractivity contribution < 1.29 is 9.53 Å². The van der Waals surface area contributed by atoms with Crippen LogP contribution in [0.15, 0.2) is 17.5 Å². The van der Waals surface area contributed by atoms with E-state index in [0.717, 1.165) is 32.1 Å². The maximum absolute atomic E-state index is 13.1. The molecule has 21 heavy (non-hydrogen) atoms. The fraction of sp³-hybridized carbons (Fsp3) is 0.688. The Hall–Kier alpha value is -0.910. The summed E-state index contributed by atoms with van der Waals surface area (Å²) in [5.41, 5.74) is -0.310. The van der Waals surface area contributed by atoms with E-state index >= 15 is 0 Å². The Bertz CT molecular complexity index is 482. The topological polar surface area (TPSA) is 41.6 Å². The highest BCUT2D eigenvalue weighted by Crippen LogP contribution is 2.42. The number of rotatable bonds is 5. The molecule has 1 aromatic rings. The zero-order valence-electron chi connectivity index (χ0n) is 12.8. The Balaban J connectivity index is 1.87. The molecule has 2 unspecified atom stereocenters. The smallest absolute Gasteiger partial charge is 0.244 e. The minimum Gasteiger partial charge on any atom is -0.385 e. The summed E-state index contributed by atoms with van der Waals surface area (Å²) in [5, 5.41) is 5.75. The number of nitrogens with zero attached hydrogens (tertiary/aromatic N) is 1. The van der Waals surface area contributed by atoms with Gasteiger partial charge in [0.1, 0.15) is 6.17 Å². The summed E-state index contributed by atoms with van der Waals surface area (Å²) in [4.78, 5) is 16.4. The molecular weight excluding hydrogens is 284 g/mol. The minimum absolute atomic E-state index is 0.0301. The molecule has 2 fully saturated rings. The minimum atomic E-state index is -0.310. The molecule has 0 aromatic carbocycles. The molecule has 0 bridgehead atoms. The van der Waals surface area contributed by atoms with Gasteiger partial charge in [0.2, 0.25) is 5.91 Å². The van der Waals surface area contributed by atoms with Gasteiger partial charge in [-0.3, -0.25) is 10.1 Å². The van der Waals surface area contributed by atoms with Crippen LogP contribution in [0.5, 0.6) is 0 Å². The summed E-state index contributed by atoms with van der Waals surface area (Å²) >= 11 is 1.72. The second-order valence-electron chi connectivity index (χ2n) is 6.19. The van der Waals surface area contributed by atoms with Crippen LogP contribution in [0.4, 0.5) is 0 Å². The average molecular weight is 308 g/mol. The van der Waals surface area contributed by atoms with Gasteiger partial charge in [-0.25, -0.2) is 0 Å². The molecule has 1 saturated carbocycles. The van der Waals surface area contributed by atoms with Crippen molar-refractivity contribution in [2.75, 3.05) is 13.7 Å². The molecule has 3 rings (SSSR count). The van der Waals surface area contributed by atoms with Gasteiger partial charge in [0.05, 0.1) is 5.54 Å². The van der Waals surface area contributed by atoms with Crippen LogP contribution in [0.25, 0.3) is 0 Å². The van der Waals surface area contributed by atoms with Crippen molar-refractivity contribution >= 4 is 17.2 Å². The largest absolute Gasteiger partial charge is 0.385 e. The number of hydrogen-bond donors (Lipinski definition) is 1. The standard InChI is InChI=1S/C16H24N2O2S/c1-12(7-10-20-2)18-14(13-6-5-11-21-13)17-16(15(18)19)8-3-4-9-16/h5-6,11-12,14,17H,3-4,7-10H2,1-2H3. The first-order chi connectivity index (χ1) is 10.2. The second kappa shape index (κ2) is 6.07. The lowest BCUT2D eigenvalue weighted by Crippen LogP contribution is -2.45. The fourth-order valence-electron chi connectivity index (χ4n) is 3.63. The number of methoxy groups -OCH3 is 1. The highest BCUT2D eigenvalue weighted by molar-refractivity contribution is 7.10. The summed E-state index contributed by atoms with van der Waals surface area (Å²) in [6.07, 6.45) is 5.15. The monoisotopic (exact) mass is 308 g/mol. The van der Waals surface area contributed by atoms with Crippen LogP contribution in [-0.4, -0.2) is 36.1 Å². The highest BCUT2D eigenvalue weighted by Gasteiger charge is 2.53. The van der Waals surface area contributed by atoms with Gasteiger partial charge < -0.3 is 9.64 Å². The van der Waals surface area contributed by atoms with Crippen LogP contribution < -0.4 is 5.32 Å². The fourth-order valence-corrected chi connectivity index (χ4v) is 4.40. The Morgan fingerprint density at radius 3 is 2.90 bits per heavy atom. The lowest BCUT2D eigenvalue weighted by Gasteiger charge is -2.30. The maximum Gasteiger partial charge on any atom is 0.244 e.